The average molecular weight is 385 g/mol. The molecule has 0 unspecified atom stereocenters. The van der Waals surface area contributed by atoms with E-state index in [1.807, 2.05) is 6.07 Å². The van der Waals surface area contributed by atoms with Gasteiger partial charge in [0, 0.05) is 10.6 Å². The first-order valence-corrected chi connectivity index (χ1v) is 8.73. The summed E-state index contributed by atoms with van der Waals surface area (Å²) in [6.45, 7) is 0.558. The van der Waals surface area contributed by atoms with E-state index in [-0.39, 0.29) is 13.1 Å². The second kappa shape index (κ2) is 7.52. The molecule has 3 aromatic rings. The lowest BCUT2D eigenvalue weighted by Gasteiger charge is -2.27. The van der Waals surface area contributed by atoms with Crippen LogP contribution < -0.4 is 0 Å². The molecule has 24 heavy (non-hydrogen) atoms. The van der Waals surface area contributed by atoms with Crippen LogP contribution in [0.2, 0.25) is 10.0 Å². The standard InChI is InChI=1S/C14H14Cl2N6OS/c15-12-2-1-11(3-13(12)16)24-6-14(23,4-21-9-17-7-19-21)5-22-10-18-8-20-22/h1-3,7-10,23H,4-6H2. The molecule has 0 aliphatic rings. The summed E-state index contributed by atoms with van der Waals surface area (Å²) in [6, 6.07) is 5.38. The van der Waals surface area contributed by atoms with Gasteiger partial charge in [-0.2, -0.15) is 10.2 Å². The molecule has 0 radical (unpaired) electrons. The molecule has 10 heteroatoms. The maximum absolute atomic E-state index is 11.1. The first-order chi connectivity index (χ1) is 11.5. The van der Waals surface area contributed by atoms with E-state index in [0.29, 0.717) is 15.8 Å². The molecule has 0 saturated heterocycles. The minimum absolute atomic E-state index is 0.279. The fourth-order valence-electron chi connectivity index (χ4n) is 2.16. The van der Waals surface area contributed by atoms with E-state index >= 15 is 0 Å². The molecule has 2 heterocycles. The van der Waals surface area contributed by atoms with Crippen LogP contribution in [0.3, 0.4) is 0 Å². The van der Waals surface area contributed by atoms with Gasteiger partial charge in [0.25, 0.3) is 0 Å². The molecule has 1 N–H and O–H groups in total. The van der Waals surface area contributed by atoms with Crippen LogP contribution in [0.4, 0.5) is 0 Å². The van der Waals surface area contributed by atoms with Crippen LogP contribution in [0.15, 0.2) is 48.4 Å². The van der Waals surface area contributed by atoms with Crippen LogP contribution in [-0.2, 0) is 13.1 Å². The normalized spacial score (nSPS) is 11.8. The predicted octanol–water partition coefficient (Wildman–Crippen LogP) is 2.40. The first-order valence-electron chi connectivity index (χ1n) is 6.99. The quantitative estimate of drug-likeness (QED) is 0.629. The Morgan fingerprint density at radius 1 is 1.00 bits per heavy atom. The highest BCUT2D eigenvalue weighted by molar-refractivity contribution is 7.99. The SMILES string of the molecule is OC(CSc1ccc(Cl)c(Cl)c1)(Cn1cncn1)Cn1cncn1. The Labute approximate surface area is 152 Å². The van der Waals surface area contributed by atoms with Crippen molar-refractivity contribution in [2.45, 2.75) is 23.6 Å². The molecule has 0 spiro atoms. The maximum Gasteiger partial charge on any atom is 0.137 e. The van der Waals surface area contributed by atoms with Crippen molar-refractivity contribution in [1.29, 1.82) is 0 Å². The molecule has 0 saturated carbocycles. The molecule has 0 aliphatic carbocycles. The van der Waals surface area contributed by atoms with Gasteiger partial charge in [-0.25, -0.2) is 19.3 Å². The zero-order valence-electron chi connectivity index (χ0n) is 12.5. The molecule has 7 nitrogen and oxygen atoms in total. The zero-order chi connectivity index (χ0) is 17.0. The van der Waals surface area contributed by atoms with E-state index < -0.39 is 5.60 Å². The van der Waals surface area contributed by atoms with E-state index in [4.69, 9.17) is 23.2 Å². The monoisotopic (exact) mass is 384 g/mol. The van der Waals surface area contributed by atoms with Gasteiger partial charge in [-0.3, -0.25) is 0 Å². The Balaban J connectivity index is 1.74. The molecule has 0 bridgehead atoms. The van der Waals surface area contributed by atoms with Crippen molar-refractivity contribution in [2.75, 3.05) is 5.75 Å². The number of aliphatic hydroxyl groups is 1. The molecule has 2 aromatic heterocycles. The van der Waals surface area contributed by atoms with Crippen molar-refractivity contribution < 1.29 is 5.11 Å². The Kier molecular flexibility index (Phi) is 5.40. The van der Waals surface area contributed by atoms with Crippen molar-refractivity contribution in [1.82, 2.24) is 29.5 Å². The number of halogens is 2. The number of rotatable bonds is 7. The summed E-state index contributed by atoms with van der Waals surface area (Å²) in [5.74, 6) is 0.407. The summed E-state index contributed by atoms with van der Waals surface area (Å²) in [7, 11) is 0. The van der Waals surface area contributed by atoms with Crippen LogP contribution >= 0.6 is 35.0 Å². The molecular formula is C14H14Cl2N6OS. The Morgan fingerprint density at radius 2 is 1.62 bits per heavy atom. The van der Waals surface area contributed by atoms with E-state index in [9.17, 15) is 5.11 Å². The topological polar surface area (TPSA) is 81.6 Å². The summed E-state index contributed by atoms with van der Waals surface area (Å²) in [6.07, 6.45) is 6.00. The van der Waals surface area contributed by atoms with E-state index in [2.05, 4.69) is 20.2 Å². The van der Waals surface area contributed by atoms with Crippen molar-refractivity contribution >= 4 is 35.0 Å². The van der Waals surface area contributed by atoms with Crippen molar-refractivity contribution in [3.05, 3.63) is 53.6 Å². The van der Waals surface area contributed by atoms with Gasteiger partial charge in [-0.15, -0.1) is 11.8 Å². The highest BCUT2D eigenvalue weighted by atomic mass is 35.5. The molecule has 0 fully saturated rings. The molecule has 126 valence electrons. The molecule has 3 rings (SSSR count). The zero-order valence-corrected chi connectivity index (χ0v) is 14.8. The van der Waals surface area contributed by atoms with E-state index in [1.165, 1.54) is 24.4 Å². The van der Waals surface area contributed by atoms with Gasteiger partial charge in [0.1, 0.15) is 30.9 Å². The van der Waals surface area contributed by atoms with Crippen molar-refractivity contribution in [3.63, 3.8) is 0 Å². The van der Waals surface area contributed by atoms with Gasteiger partial charge in [0.05, 0.1) is 23.1 Å². The third-order valence-electron chi connectivity index (χ3n) is 3.24. The molecule has 0 atom stereocenters. The van der Waals surface area contributed by atoms with Crippen LogP contribution in [0.5, 0.6) is 0 Å². The highest BCUT2D eigenvalue weighted by Gasteiger charge is 2.29. The van der Waals surface area contributed by atoms with Crippen LogP contribution in [0.1, 0.15) is 0 Å². The minimum atomic E-state index is -1.10. The molecule has 1 aromatic carbocycles. The number of nitrogens with zero attached hydrogens (tertiary/aromatic N) is 6. The van der Waals surface area contributed by atoms with Crippen LogP contribution in [0.25, 0.3) is 0 Å². The molecule has 0 aliphatic heterocycles. The van der Waals surface area contributed by atoms with Crippen LogP contribution in [-0.4, -0.2) is 46.0 Å². The van der Waals surface area contributed by atoms with Crippen molar-refractivity contribution in [2.24, 2.45) is 0 Å². The van der Waals surface area contributed by atoms with Gasteiger partial charge in [0.15, 0.2) is 0 Å². The van der Waals surface area contributed by atoms with Gasteiger partial charge < -0.3 is 5.11 Å². The van der Waals surface area contributed by atoms with Gasteiger partial charge in [-0.05, 0) is 18.2 Å². The Morgan fingerprint density at radius 3 is 2.12 bits per heavy atom. The Hall–Kier alpha value is -1.61. The third kappa shape index (κ3) is 4.47. The Bertz CT molecular complexity index is 744. The van der Waals surface area contributed by atoms with Crippen LogP contribution in [0, 0.1) is 0 Å². The third-order valence-corrected chi connectivity index (χ3v) is 5.25. The van der Waals surface area contributed by atoms with Gasteiger partial charge >= 0.3 is 0 Å². The van der Waals surface area contributed by atoms with Gasteiger partial charge in [-0.1, -0.05) is 23.2 Å². The van der Waals surface area contributed by atoms with Crippen molar-refractivity contribution in [3.8, 4) is 0 Å². The average Bonchev–Trinajstić information content (AvgIpc) is 3.22. The fourth-order valence-corrected chi connectivity index (χ4v) is 3.50. The fraction of sp³-hybridized carbons (Fsp3) is 0.286. The predicted molar refractivity (Wildman–Crippen MR) is 92.2 cm³/mol. The van der Waals surface area contributed by atoms with E-state index in [0.717, 1.165) is 4.90 Å². The van der Waals surface area contributed by atoms with Gasteiger partial charge in [0.2, 0.25) is 0 Å². The lowest BCUT2D eigenvalue weighted by molar-refractivity contribution is 0.0226. The first kappa shape index (κ1) is 17.2. The maximum atomic E-state index is 11.1. The molecule has 0 amide bonds. The largest absolute Gasteiger partial charge is 0.385 e. The second-order valence-electron chi connectivity index (χ2n) is 5.28. The summed E-state index contributed by atoms with van der Waals surface area (Å²) in [5, 5.41) is 20.2. The molecular weight excluding hydrogens is 371 g/mol. The summed E-state index contributed by atoms with van der Waals surface area (Å²) < 4.78 is 3.18. The second-order valence-corrected chi connectivity index (χ2v) is 7.14. The summed E-state index contributed by atoms with van der Waals surface area (Å²) in [4.78, 5) is 8.74. The number of aromatic nitrogens is 6. The number of hydrogen-bond acceptors (Lipinski definition) is 6. The number of benzene rings is 1. The lowest BCUT2D eigenvalue weighted by atomic mass is 10.1. The smallest absolute Gasteiger partial charge is 0.137 e. The summed E-state index contributed by atoms with van der Waals surface area (Å²) >= 11 is 13.5. The lowest BCUT2D eigenvalue weighted by Crippen LogP contribution is -2.41. The highest BCUT2D eigenvalue weighted by Crippen LogP contribution is 2.30. The summed E-state index contributed by atoms with van der Waals surface area (Å²) in [5.41, 5.74) is -1.10. The minimum Gasteiger partial charge on any atom is -0.385 e. The van der Waals surface area contributed by atoms with E-state index in [1.54, 1.807) is 34.2 Å². The number of hydrogen-bond donors (Lipinski definition) is 1. The number of thioether (sulfide) groups is 1.